The minimum absolute atomic E-state index is 0.0586. The maximum atomic E-state index is 12.0. The van der Waals surface area contributed by atoms with Crippen LogP contribution in [0.15, 0.2) is 47.1 Å². The predicted octanol–water partition coefficient (Wildman–Crippen LogP) is 3.93. The molecule has 2 amide bonds. The first-order valence-corrected chi connectivity index (χ1v) is 9.07. The number of carbonyl (C=O) groups excluding carboxylic acids is 2. The van der Waals surface area contributed by atoms with E-state index in [0.717, 1.165) is 12.8 Å². The Kier molecular flexibility index (Phi) is 6.01. The summed E-state index contributed by atoms with van der Waals surface area (Å²) in [5.41, 5.74) is 1.27. The molecule has 1 aliphatic rings. The van der Waals surface area contributed by atoms with Crippen LogP contribution in [0, 0.1) is 5.92 Å². The lowest BCUT2D eigenvalue weighted by molar-refractivity contribution is -0.120. The average Bonchev–Trinajstić information content (AvgIpc) is 3.28. The van der Waals surface area contributed by atoms with Crippen LogP contribution in [0.2, 0.25) is 0 Å². The van der Waals surface area contributed by atoms with Gasteiger partial charge < -0.3 is 20.4 Å². The summed E-state index contributed by atoms with van der Waals surface area (Å²) in [4.78, 5) is 24.0. The van der Waals surface area contributed by atoms with Crippen LogP contribution in [-0.4, -0.2) is 16.9 Å². The van der Waals surface area contributed by atoms with E-state index in [9.17, 15) is 9.59 Å². The summed E-state index contributed by atoms with van der Waals surface area (Å²) >= 11 is 5.20. The molecule has 0 spiro atoms. The van der Waals surface area contributed by atoms with Crippen molar-refractivity contribution in [2.75, 3.05) is 10.6 Å². The van der Waals surface area contributed by atoms with Crippen LogP contribution in [0.1, 0.15) is 42.7 Å². The van der Waals surface area contributed by atoms with E-state index in [1.807, 2.05) is 0 Å². The fourth-order valence-corrected chi connectivity index (χ4v) is 3.32. The van der Waals surface area contributed by atoms with E-state index in [4.69, 9.17) is 16.6 Å². The number of anilines is 2. The third-order valence-corrected chi connectivity index (χ3v) is 4.53. The maximum Gasteiger partial charge on any atom is 0.291 e. The zero-order valence-electron chi connectivity index (χ0n) is 14.3. The molecule has 1 aromatic heterocycles. The molecule has 136 valence electrons. The molecule has 0 bridgehead atoms. The molecule has 0 radical (unpaired) electrons. The molecular weight excluding hydrogens is 350 g/mol. The Morgan fingerprint density at radius 3 is 2.50 bits per heavy atom. The van der Waals surface area contributed by atoms with Gasteiger partial charge in [-0.1, -0.05) is 18.9 Å². The Morgan fingerprint density at radius 1 is 1.08 bits per heavy atom. The lowest BCUT2D eigenvalue weighted by Crippen LogP contribution is -2.34. The third kappa shape index (κ3) is 5.16. The molecule has 26 heavy (non-hydrogen) atoms. The van der Waals surface area contributed by atoms with E-state index in [1.165, 1.54) is 19.1 Å². The van der Waals surface area contributed by atoms with Crippen LogP contribution in [0.25, 0.3) is 0 Å². The minimum atomic E-state index is -0.334. The van der Waals surface area contributed by atoms with Gasteiger partial charge in [-0.25, -0.2) is 0 Å². The smallest absolute Gasteiger partial charge is 0.291 e. The van der Waals surface area contributed by atoms with Gasteiger partial charge in [-0.2, -0.15) is 0 Å². The van der Waals surface area contributed by atoms with E-state index < -0.39 is 0 Å². The molecule has 3 rings (SSSR count). The van der Waals surface area contributed by atoms with Gasteiger partial charge in [0.1, 0.15) is 0 Å². The molecule has 0 saturated heterocycles. The zero-order chi connectivity index (χ0) is 18.4. The fourth-order valence-electron chi connectivity index (χ4n) is 3.09. The monoisotopic (exact) mass is 371 g/mol. The molecule has 0 atom stereocenters. The van der Waals surface area contributed by atoms with E-state index in [2.05, 4.69) is 16.0 Å². The van der Waals surface area contributed by atoms with E-state index in [0.29, 0.717) is 23.7 Å². The van der Waals surface area contributed by atoms with Gasteiger partial charge in [-0.15, -0.1) is 0 Å². The van der Waals surface area contributed by atoms with Gasteiger partial charge >= 0.3 is 0 Å². The van der Waals surface area contributed by atoms with Gasteiger partial charge in [-0.3, -0.25) is 9.59 Å². The second-order valence-electron chi connectivity index (χ2n) is 6.37. The lowest BCUT2D eigenvalue weighted by atomic mass is 10.0. The molecule has 1 heterocycles. The summed E-state index contributed by atoms with van der Waals surface area (Å²) in [6, 6.07) is 10.3. The summed E-state index contributed by atoms with van der Waals surface area (Å²) < 4.78 is 5.06. The number of furan rings is 1. The average molecular weight is 371 g/mol. The van der Waals surface area contributed by atoms with Crippen LogP contribution in [0.4, 0.5) is 11.4 Å². The Morgan fingerprint density at radius 2 is 1.81 bits per heavy atom. The standard InChI is InChI=1S/C19H21N3O3S/c23-17(11-13-5-1-2-6-13)22-19(26)21-15-8-3-7-14(12-15)20-18(24)16-9-4-10-25-16/h3-4,7-10,12-13H,1-2,5-6,11H2,(H,20,24)(H2,21,22,23,26). The van der Waals surface area contributed by atoms with Gasteiger partial charge in [-0.05, 0) is 61.3 Å². The van der Waals surface area contributed by atoms with Crippen molar-refractivity contribution in [3.63, 3.8) is 0 Å². The molecule has 0 unspecified atom stereocenters. The highest BCUT2D eigenvalue weighted by molar-refractivity contribution is 7.80. The number of thiocarbonyl (C=S) groups is 1. The summed E-state index contributed by atoms with van der Waals surface area (Å²) in [7, 11) is 0. The van der Waals surface area contributed by atoms with Gasteiger partial charge in [0.2, 0.25) is 5.91 Å². The van der Waals surface area contributed by atoms with Crippen molar-refractivity contribution in [1.29, 1.82) is 0 Å². The number of hydrogen-bond donors (Lipinski definition) is 3. The molecule has 0 aliphatic heterocycles. The molecule has 1 aromatic carbocycles. The summed E-state index contributed by atoms with van der Waals surface area (Å²) in [5, 5.41) is 8.68. The molecule has 1 saturated carbocycles. The molecular formula is C19H21N3O3S. The van der Waals surface area contributed by atoms with Crippen LogP contribution in [0.3, 0.4) is 0 Å². The van der Waals surface area contributed by atoms with Crippen molar-refractivity contribution in [2.45, 2.75) is 32.1 Å². The molecule has 1 aliphatic carbocycles. The number of carbonyl (C=O) groups is 2. The van der Waals surface area contributed by atoms with Crippen molar-refractivity contribution < 1.29 is 14.0 Å². The largest absolute Gasteiger partial charge is 0.459 e. The Bertz CT molecular complexity index is 783. The van der Waals surface area contributed by atoms with Crippen molar-refractivity contribution in [2.24, 2.45) is 5.92 Å². The summed E-state index contributed by atoms with van der Waals surface area (Å²) in [6.07, 6.45) is 6.60. The van der Waals surface area contributed by atoms with Gasteiger partial charge in [0.05, 0.1) is 6.26 Å². The van der Waals surface area contributed by atoms with Crippen molar-refractivity contribution in [1.82, 2.24) is 5.32 Å². The number of benzene rings is 1. The van der Waals surface area contributed by atoms with Crippen LogP contribution in [-0.2, 0) is 4.79 Å². The highest BCUT2D eigenvalue weighted by Crippen LogP contribution is 2.27. The van der Waals surface area contributed by atoms with Gasteiger partial charge in [0.15, 0.2) is 10.9 Å². The Hall–Kier alpha value is -2.67. The first-order valence-electron chi connectivity index (χ1n) is 8.66. The highest BCUT2D eigenvalue weighted by Gasteiger charge is 2.18. The van der Waals surface area contributed by atoms with E-state index >= 15 is 0 Å². The lowest BCUT2D eigenvalue weighted by Gasteiger charge is -2.13. The topological polar surface area (TPSA) is 83.4 Å². The summed E-state index contributed by atoms with van der Waals surface area (Å²) in [6.45, 7) is 0. The molecule has 3 N–H and O–H groups in total. The molecule has 6 nitrogen and oxygen atoms in total. The highest BCUT2D eigenvalue weighted by atomic mass is 32.1. The van der Waals surface area contributed by atoms with Crippen LogP contribution in [0.5, 0.6) is 0 Å². The molecule has 7 heteroatoms. The van der Waals surface area contributed by atoms with E-state index in [1.54, 1.807) is 36.4 Å². The van der Waals surface area contributed by atoms with Crippen molar-refractivity contribution >= 4 is 40.5 Å². The zero-order valence-corrected chi connectivity index (χ0v) is 15.1. The van der Waals surface area contributed by atoms with E-state index in [-0.39, 0.29) is 22.7 Å². The van der Waals surface area contributed by atoms with Gasteiger partial charge in [0, 0.05) is 17.8 Å². The van der Waals surface area contributed by atoms with Crippen molar-refractivity contribution in [3.8, 4) is 0 Å². The quantitative estimate of drug-likeness (QED) is 0.694. The first-order chi connectivity index (χ1) is 12.6. The second-order valence-corrected chi connectivity index (χ2v) is 6.78. The fraction of sp³-hybridized carbons (Fsp3) is 0.316. The minimum Gasteiger partial charge on any atom is -0.459 e. The number of nitrogens with one attached hydrogen (secondary N) is 3. The van der Waals surface area contributed by atoms with Gasteiger partial charge in [0.25, 0.3) is 5.91 Å². The SMILES string of the molecule is O=C(CC1CCCC1)NC(=S)Nc1cccc(NC(=O)c2ccco2)c1. The number of amides is 2. The maximum absolute atomic E-state index is 12.0. The van der Waals surface area contributed by atoms with Crippen LogP contribution < -0.4 is 16.0 Å². The van der Waals surface area contributed by atoms with Crippen LogP contribution >= 0.6 is 12.2 Å². The Labute approximate surface area is 157 Å². The first kappa shape index (κ1) is 18.1. The number of rotatable bonds is 5. The molecule has 2 aromatic rings. The predicted molar refractivity (Wildman–Crippen MR) is 104 cm³/mol. The normalized spacial score (nSPS) is 14.0. The Balaban J connectivity index is 1.51. The number of hydrogen-bond acceptors (Lipinski definition) is 4. The summed E-state index contributed by atoms with van der Waals surface area (Å²) in [5.74, 6) is 0.312. The third-order valence-electron chi connectivity index (χ3n) is 4.33. The second kappa shape index (κ2) is 8.62. The van der Waals surface area contributed by atoms with Crippen molar-refractivity contribution in [3.05, 3.63) is 48.4 Å². The molecule has 1 fully saturated rings.